The third-order valence-electron chi connectivity index (χ3n) is 21.0. The summed E-state index contributed by atoms with van der Waals surface area (Å²) >= 11 is 8.89. The van der Waals surface area contributed by atoms with Crippen LogP contribution in [-0.4, -0.2) is 73.1 Å². The van der Waals surface area contributed by atoms with E-state index in [1.54, 1.807) is 0 Å². The molecule has 9 rings (SSSR count). The highest BCUT2D eigenvalue weighted by molar-refractivity contribution is 8.59. The van der Waals surface area contributed by atoms with Gasteiger partial charge in [0.15, 0.2) is 0 Å². The van der Waals surface area contributed by atoms with E-state index in [0.717, 1.165) is 63.8 Å². The lowest BCUT2D eigenvalue weighted by Crippen LogP contribution is -2.74. The van der Waals surface area contributed by atoms with Gasteiger partial charge in [-0.2, -0.15) is 0 Å². The zero-order valence-corrected chi connectivity index (χ0v) is 48.8. The fraction of sp³-hybridized carbons (Fsp3) is 0.714. The van der Waals surface area contributed by atoms with Gasteiger partial charge in [0, 0.05) is 128 Å². The van der Waals surface area contributed by atoms with Crippen molar-refractivity contribution in [1.82, 2.24) is 0 Å². The quantitative estimate of drug-likeness (QED) is 0.203. The summed E-state index contributed by atoms with van der Waals surface area (Å²) in [6, 6.07) is 22.8. The fourth-order valence-electron chi connectivity index (χ4n) is 17.0. The van der Waals surface area contributed by atoms with Crippen molar-refractivity contribution in [3.8, 4) is 0 Å². The highest BCUT2D eigenvalue weighted by Crippen LogP contribution is 2.71. The number of carbonyl (C=O) groups is 4. The Morgan fingerprint density at radius 3 is 1.59 bits per heavy atom. The van der Waals surface area contributed by atoms with Gasteiger partial charge < -0.3 is 24.1 Å². The highest BCUT2D eigenvalue weighted by Gasteiger charge is 2.73. The molecule has 2 aromatic carbocycles. The van der Waals surface area contributed by atoms with Crippen LogP contribution in [0.5, 0.6) is 0 Å². The summed E-state index contributed by atoms with van der Waals surface area (Å²) in [5.41, 5.74) is -1.87. The molecule has 7 aliphatic rings. The molecule has 2 unspecified atom stereocenters. The van der Waals surface area contributed by atoms with Crippen molar-refractivity contribution >= 4 is 91.2 Å². The van der Waals surface area contributed by atoms with E-state index in [-0.39, 0.29) is 99.3 Å². The van der Waals surface area contributed by atoms with Crippen LogP contribution in [0.25, 0.3) is 0 Å². The number of carbonyl (C=O) groups excluding carboxylic acids is 4. The maximum atomic E-state index is 14.0. The Kier molecular flexibility index (Phi) is 17.4. The molecule has 0 radical (unpaired) electrons. The van der Waals surface area contributed by atoms with Gasteiger partial charge in [0.1, 0.15) is 23.8 Å². The average molecular weight is 1090 g/mol. The minimum Gasteiger partial charge on any atom is -0.462 e. The first kappa shape index (κ1) is 56.6. The number of hydrogen-bond donors (Lipinski definition) is 2. The van der Waals surface area contributed by atoms with Crippen molar-refractivity contribution in [3.63, 3.8) is 0 Å². The van der Waals surface area contributed by atoms with Gasteiger partial charge in [0.2, 0.25) is 0 Å². The molecule has 15 heteroatoms. The molecule has 9 nitrogen and oxygen atoms in total. The van der Waals surface area contributed by atoms with Gasteiger partial charge in [0.25, 0.3) is 8.32 Å². The van der Waals surface area contributed by atoms with Gasteiger partial charge in [0.05, 0.1) is 12.2 Å². The summed E-state index contributed by atoms with van der Waals surface area (Å²) in [6.45, 7) is 20.6. The van der Waals surface area contributed by atoms with E-state index in [1.165, 1.54) is 50.9 Å². The van der Waals surface area contributed by atoms with Crippen molar-refractivity contribution in [1.29, 1.82) is 0 Å². The third kappa shape index (κ3) is 9.54. The molecule has 16 atom stereocenters. The van der Waals surface area contributed by atoms with Crippen LogP contribution >= 0.6 is 0 Å². The van der Waals surface area contributed by atoms with Gasteiger partial charge in [-0.3, -0.25) is 19.2 Å². The van der Waals surface area contributed by atoms with Gasteiger partial charge >= 0.3 is 11.9 Å². The topological polar surface area (TPSA) is 136 Å². The summed E-state index contributed by atoms with van der Waals surface area (Å²) in [7, 11) is 1.32. The first-order chi connectivity index (χ1) is 33.6. The third-order valence-corrected chi connectivity index (χ3v) is 29.8. The van der Waals surface area contributed by atoms with Crippen molar-refractivity contribution in [2.75, 3.05) is 6.61 Å². The second-order valence-electron chi connectivity index (χ2n) is 23.8. The lowest BCUT2D eigenvalue weighted by molar-refractivity contribution is -0.214. The molecule has 4 bridgehead atoms. The van der Waals surface area contributed by atoms with Crippen molar-refractivity contribution in [3.05, 3.63) is 60.7 Å². The predicted molar refractivity (Wildman–Crippen MR) is 295 cm³/mol. The van der Waals surface area contributed by atoms with E-state index >= 15 is 0 Å². The second kappa shape index (κ2) is 21.9. The maximum Gasteiger partial charge on any atom is 0.302 e. The van der Waals surface area contributed by atoms with E-state index in [0.29, 0.717) is 31.0 Å². The summed E-state index contributed by atoms with van der Waals surface area (Å²) in [4.78, 5) is 51.5. The van der Waals surface area contributed by atoms with Crippen LogP contribution < -0.4 is 10.4 Å². The van der Waals surface area contributed by atoms with Gasteiger partial charge in [-0.25, -0.2) is 0 Å². The second-order valence-corrected chi connectivity index (χ2v) is 32.6. The zero-order chi connectivity index (χ0) is 52.0. The standard InChI is InChI=1S/C34H44O4Si.C22H36O5.S5/c1-6-32(4)21-29-33(5)25(17-19-34(20-18-28(36)30(33)34)23(2)31(32)37-24(3)35)22-39(38-29,26-13-9-7-10-14-26)27-15-11-8-12-16-27;1-6-20(4)11-17(26)21(5)15(12-23)7-9-22(10-8-16(25)18(21)22)13(2)19(20)27-14(3)24;1-3-5-4-2/h7-16,23,25,29-31H,6,17-22H2,1-5H3;13,15,17-19,23,26H,6-12H2,1-5H3;/t23-,25-,29+,30?,31-,32+,33-,34-;13-,15-,17+,18?,19-,20+,21-,22-;/m00./s1. The summed E-state index contributed by atoms with van der Waals surface area (Å²) in [5.74, 6) is 0.299. The minimum atomic E-state index is -2.62. The normalized spacial score (nSPS) is 41.7. The number of hydrogen-bond acceptors (Lipinski definition) is 11. The molecule has 1 saturated heterocycles. The molecule has 392 valence electrons. The molecular weight excluding hydrogens is 1010 g/mol. The minimum absolute atomic E-state index is 0.00197. The number of aliphatic hydroxyl groups is 2. The zero-order valence-electron chi connectivity index (χ0n) is 43.7. The Labute approximate surface area is 443 Å². The molecule has 6 saturated carbocycles. The van der Waals surface area contributed by atoms with Crippen molar-refractivity contribution in [2.45, 2.75) is 177 Å². The molecule has 71 heavy (non-hydrogen) atoms. The van der Waals surface area contributed by atoms with E-state index < -0.39 is 19.8 Å². The Morgan fingerprint density at radius 2 is 1.17 bits per heavy atom. The number of esters is 2. The fourth-order valence-corrected chi connectivity index (χ4v) is 24.5. The Balaban J connectivity index is 0.000000202. The van der Waals surface area contributed by atoms with Crippen LogP contribution in [0.4, 0.5) is 0 Å². The van der Waals surface area contributed by atoms with Crippen LogP contribution in [0.15, 0.2) is 60.7 Å². The molecular formula is C56H80O9S5Si. The predicted octanol–water partition coefficient (Wildman–Crippen LogP) is 9.01. The first-order valence-corrected chi connectivity index (χ1v) is 33.8. The lowest BCUT2D eigenvalue weighted by atomic mass is 9.43. The van der Waals surface area contributed by atoms with E-state index in [1.807, 2.05) is 6.92 Å². The van der Waals surface area contributed by atoms with E-state index in [4.69, 9.17) is 13.9 Å². The largest absolute Gasteiger partial charge is 0.462 e. The average Bonchev–Trinajstić information content (AvgIpc) is 3.90. The number of ketones is 2. The highest BCUT2D eigenvalue weighted by atomic mass is 33.3. The molecule has 0 spiro atoms. The Bertz CT molecular complexity index is 2380. The molecule has 2 N–H and O–H groups in total. The number of aliphatic hydroxyl groups excluding tert-OH is 2. The van der Waals surface area contributed by atoms with Crippen LogP contribution in [0.1, 0.15) is 146 Å². The molecule has 0 aromatic heterocycles. The number of benzene rings is 2. The first-order valence-electron chi connectivity index (χ1n) is 26.3. The van der Waals surface area contributed by atoms with Crippen LogP contribution in [0.2, 0.25) is 6.04 Å². The molecule has 1 heterocycles. The van der Waals surface area contributed by atoms with Gasteiger partial charge in [-0.1, -0.05) is 116 Å². The molecule has 7 fully saturated rings. The SMILES string of the molecule is CC[C@]1(C)C[C@@H](O)[C@@]2(C)C3C(=O)CC[C@@]3(CC[C@H]2CO)[C@@H](C)[C@@H]1OC(C)=O.CC[C@]1(C)C[C@H]2O[Si](c3ccccc3)(c3ccccc3)C[C@@H]3CC[C@]4(CCC(=O)C4[C@@]32C)[C@@H](C)[C@@H]1OC(C)=O.S=S=S=S=S. The van der Waals surface area contributed by atoms with Gasteiger partial charge in [-0.15, -0.1) is 0 Å². The molecule has 2 aromatic rings. The van der Waals surface area contributed by atoms with Crippen molar-refractivity contribution < 1.29 is 43.3 Å². The van der Waals surface area contributed by atoms with Gasteiger partial charge in [-0.05, 0) is 103 Å². The van der Waals surface area contributed by atoms with Crippen LogP contribution in [0, 0.1) is 68.0 Å². The summed E-state index contributed by atoms with van der Waals surface area (Å²) < 4.78 is 19.9. The Hall–Kier alpha value is -2.08. The smallest absolute Gasteiger partial charge is 0.302 e. The van der Waals surface area contributed by atoms with Crippen molar-refractivity contribution in [2.24, 2.45) is 68.0 Å². The number of rotatable bonds is 7. The lowest BCUT2D eigenvalue weighted by Gasteiger charge is -2.67. The number of ether oxygens (including phenoxy) is 2. The molecule has 1 aliphatic heterocycles. The van der Waals surface area contributed by atoms with Crippen LogP contribution in [0.3, 0.4) is 0 Å². The molecule has 0 amide bonds. The maximum absolute atomic E-state index is 14.0. The number of Topliss-reactive ketones (excluding diaryl/α,β-unsaturated/α-hetero) is 2. The monoisotopic (exact) mass is 1080 g/mol. The van der Waals surface area contributed by atoms with E-state index in [9.17, 15) is 29.4 Å². The summed E-state index contributed by atoms with van der Waals surface area (Å²) in [5, 5.41) is 24.2. The Morgan fingerprint density at radius 1 is 0.718 bits per heavy atom. The summed E-state index contributed by atoms with van der Waals surface area (Å²) in [6.07, 6.45) is 8.24. The van der Waals surface area contributed by atoms with Crippen LogP contribution in [-0.2, 0) is 82.1 Å². The van der Waals surface area contributed by atoms with E-state index in [2.05, 4.69) is 132 Å². The molecule has 6 aliphatic carbocycles.